The van der Waals surface area contributed by atoms with E-state index in [9.17, 15) is 9.59 Å². The van der Waals surface area contributed by atoms with Crippen LogP contribution in [0.5, 0.6) is 11.5 Å². The summed E-state index contributed by atoms with van der Waals surface area (Å²) in [4.78, 5) is 34.8. The van der Waals surface area contributed by atoms with Gasteiger partial charge in [-0.1, -0.05) is 48.5 Å². The van der Waals surface area contributed by atoms with Gasteiger partial charge in [0.25, 0.3) is 5.56 Å². The molecule has 1 aromatic heterocycles. The Bertz CT molecular complexity index is 1410. The highest BCUT2D eigenvalue weighted by molar-refractivity contribution is 5.91. The Labute approximate surface area is 196 Å². The van der Waals surface area contributed by atoms with Crippen LogP contribution in [-0.2, 0) is 17.9 Å². The fraction of sp³-hybridized carbons (Fsp3) is 0.148. The molecule has 0 unspecified atom stereocenters. The molecule has 5 rings (SSSR count). The molecule has 0 spiro atoms. The summed E-state index contributed by atoms with van der Waals surface area (Å²) in [5, 5.41) is 0.519. The number of aromatic amines is 1. The number of rotatable bonds is 6. The van der Waals surface area contributed by atoms with E-state index in [4.69, 9.17) is 9.47 Å². The molecule has 7 heteroatoms. The number of para-hydroxylation sites is 1. The molecule has 170 valence electrons. The first-order valence-electron chi connectivity index (χ1n) is 11.0. The van der Waals surface area contributed by atoms with Crippen molar-refractivity contribution in [3.63, 3.8) is 0 Å². The van der Waals surface area contributed by atoms with Gasteiger partial charge in [0.2, 0.25) is 5.91 Å². The van der Waals surface area contributed by atoms with Crippen molar-refractivity contribution in [2.24, 2.45) is 0 Å². The first-order chi connectivity index (χ1) is 16.7. The van der Waals surface area contributed by atoms with Crippen molar-refractivity contribution < 1.29 is 14.3 Å². The smallest absolute Gasteiger partial charge is 0.258 e. The SMILES string of the molecule is O=C(/C=C/c1ccc2c(c1)OCCO2)N(Cc1ccccc1)Cc1nc2ccccc2c(=O)[nH]1. The van der Waals surface area contributed by atoms with Crippen molar-refractivity contribution in [3.8, 4) is 11.5 Å². The maximum Gasteiger partial charge on any atom is 0.258 e. The van der Waals surface area contributed by atoms with Gasteiger partial charge in [0.1, 0.15) is 19.0 Å². The Morgan fingerprint density at radius 2 is 1.71 bits per heavy atom. The molecule has 3 aromatic carbocycles. The van der Waals surface area contributed by atoms with Gasteiger partial charge in [0.05, 0.1) is 17.4 Å². The van der Waals surface area contributed by atoms with Crippen LogP contribution < -0.4 is 15.0 Å². The lowest BCUT2D eigenvalue weighted by Crippen LogP contribution is -2.30. The van der Waals surface area contributed by atoms with Gasteiger partial charge in [-0.25, -0.2) is 4.98 Å². The predicted molar refractivity (Wildman–Crippen MR) is 130 cm³/mol. The minimum Gasteiger partial charge on any atom is -0.486 e. The summed E-state index contributed by atoms with van der Waals surface area (Å²) >= 11 is 0. The van der Waals surface area contributed by atoms with Gasteiger partial charge in [-0.05, 0) is 41.5 Å². The molecule has 0 atom stereocenters. The fourth-order valence-corrected chi connectivity index (χ4v) is 3.84. The Hall–Kier alpha value is -4.39. The standard InChI is InChI=1S/C27H23N3O4/c31-26(13-11-19-10-12-23-24(16-19)34-15-14-33-23)30(17-20-6-2-1-3-7-20)18-25-28-22-9-5-4-8-21(22)27(32)29-25/h1-13,16H,14-15,17-18H2,(H,28,29,32)/b13-11+. The number of amides is 1. The normalized spacial score (nSPS) is 12.7. The van der Waals surface area contributed by atoms with E-state index in [1.54, 1.807) is 29.2 Å². The lowest BCUT2D eigenvalue weighted by Gasteiger charge is -2.21. The number of benzene rings is 3. The van der Waals surface area contributed by atoms with Crippen LogP contribution in [0.3, 0.4) is 0 Å². The molecule has 34 heavy (non-hydrogen) atoms. The molecular formula is C27H23N3O4. The topological polar surface area (TPSA) is 84.5 Å². The maximum atomic E-state index is 13.2. The molecule has 1 amide bonds. The molecule has 1 aliphatic rings. The van der Waals surface area contributed by atoms with Crippen LogP contribution in [-0.4, -0.2) is 34.0 Å². The molecule has 4 aromatic rings. The average molecular weight is 453 g/mol. The predicted octanol–water partition coefficient (Wildman–Crippen LogP) is 3.94. The molecule has 0 fully saturated rings. The van der Waals surface area contributed by atoms with Crippen molar-refractivity contribution in [2.45, 2.75) is 13.1 Å². The van der Waals surface area contributed by atoms with E-state index in [-0.39, 0.29) is 18.0 Å². The minimum absolute atomic E-state index is 0.166. The summed E-state index contributed by atoms with van der Waals surface area (Å²) < 4.78 is 11.2. The third kappa shape index (κ3) is 4.83. The van der Waals surface area contributed by atoms with Gasteiger partial charge in [-0.3, -0.25) is 9.59 Å². The first kappa shape index (κ1) is 21.5. The molecule has 1 aliphatic heterocycles. The van der Waals surface area contributed by atoms with E-state index in [0.29, 0.717) is 48.0 Å². The van der Waals surface area contributed by atoms with E-state index < -0.39 is 0 Å². The first-order valence-corrected chi connectivity index (χ1v) is 11.0. The van der Waals surface area contributed by atoms with Crippen molar-refractivity contribution in [1.29, 1.82) is 0 Å². The second-order valence-electron chi connectivity index (χ2n) is 7.95. The van der Waals surface area contributed by atoms with Crippen LogP contribution in [0.15, 0.2) is 83.7 Å². The Balaban J connectivity index is 1.41. The number of carbonyl (C=O) groups is 1. The number of aromatic nitrogens is 2. The zero-order chi connectivity index (χ0) is 23.3. The van der Waals surface area contributed by atoms with E-state index in [2.05, 4.69) is 9.97 Å². The number of H-pyrrole nitrogens is 1. The van der Waals surface area contributed by atoms with Gasteiger partial charge >= 0.3 is 0 Å². The molecule has 0 aliphatic carbocycles. The van der Waals surface area contributed by atoms with Crippen LogP contribution in [0.2, 0.25) is 0 Å². The summed E-state index contributed by atoms with van der Waals surface area (Å²) in [6.07, 6.45) is 3.27. The minimum atomic E-state index is -0.223. The summed E-state index contributed by atoms with van der Waals surface area (Å²) in [7, 11) is 0. The summed E-state index contributed by atoms with van der Waals surface area (Å²) in [6.45, 7) is 1.57. The van der Waals surface area contributed by atoms with Crippen molar-refractivity contribution in [2.75, 3.05) is 13.2 Å². The fourth-order valence-electron chi connectivity index (χ4n) is 3.84. The zero-order valence-electron chi connectivity index (χ0n) is 18.4. The quantitative estimate of drug-likeness (QED) is 0.447. The van der Waals surface area contributed by atoms with Crippen molar-refractivity contribution in [3.05, 3.63) is 106 Å². The van der Waals surface area contributed by atoms with Gasteiger partial charge in [0, 0.05) is 12.6 Å². The Morgan fingerprint density at radius 3 is 2.56 bits per heavy atom. The third-order valence-electron chi connectivity index (χ3n) is 5.52. The average Bonchev–Trinajstić information content (AvgIpc) is 2.87. The largest absolute Gasteiger partial charge is 0.486 e. The number of nitrogens with zero attached hydrogens (tertiary/aromatic N) is 2. The molecular weight excluding hydrogens is 430 g/mol. The van der Waals surface area contributed by atoms with Gasteiger partial charge in [-0.2, -0.15) is 0 Å². The summed E-state index contributed by atoms with van der Waals surface area (Å²) in [5.41, 5.74) is 2.18. The molecule has 0 bridgehead atoms. The van der Waals surface area contributed by atoms with E-state index >= 15 is 0 Å². The van der Waals surface area contributed by atoms with Crippen LogP contribution >= 0.6 is 0 Å². The molecule has 0 radical (unpaired) electrons. The highest BCUT2D eigenvalue weighted by Gasteiger charge is 2.15. The second kappa shape index (κ2) is 9.62. The van der Waals surface area contributed by atoms with Gasteiger partial charge < -0.3 is 19.4 Å². The van der Waals surface area contributed by atoms with Gasteiger partial charge in [0.15, 0.2) is 11.5 Å². The van der Waals surface area contributed by atoms with Crippen LogP contribution in [0.1, 0.15) is 17.0 Å². The molecule has 0 saturated heterocycles. The Kier molecular flexibility index (Phi) is 6.07. The van der Waals surface area contributed by atoms with E-state index in [0.717, 1.165) is 11.1 Å². The van der Waals surface area contributed by atoms with Crippen LogP contribution in [0, 0.1) is 0 Å². The molecule has 2 heterocycles. The molecule has 0 saturated carbocycles. The second-order valence-corrected chi connectivity index (χ2v) is 7.95. The van der Waals surface area contributed by atoms with Crippen LogP contribution in [0.25, 0.3) is 17.0 Å². The summed E-state index contributed by atoms with van der Waals surface area (Å²) in [6, 6.07) is 22.4. The third-order valence-corrected chi connectivity index (χ3v) is 5.52. The van der Waals surface area contributed by atoms with Gasteiger partial charge in [-0.15, -0.1) is 0 Å². The monoisotopic (exact) mass is 453 g/mol. The highest BCUT2D eigenvalue weighted by atomic mass is 16.6. The number of nitrogens with one attached hydrogen (secondary N) is 1. The number of carbonyl (C=O) groups excluding carboxylic acids is 1. The molecule has 7 nitrogen and oxygen atoms in total. The van der Waals surface area contributed by atoms with E-state index in [1.165, 1.54) is 6.08 Å². The number of hydrogen-bond acceptors (Lipinski definition) is 5. The maximum absolute atomic E-state index is 13.2. The Morgan fingerprint density at radius 1 is 0.941 bits per heavy atom. The molecule has 1 N–H and O–H groups in total. The lowest BCUT2D eigenvalue weighted by atomic mass is 10.1. The number of ether oxygens (including phenoxy) is 2. The van der Waals surface area contributed by atoms with E-state index in [1.807, 2.05) is 54.6 Å². The number of fused-ring (bicyclic) bond motifs is 2. The lowest BCUT2D eigenvalue weighted by molar-refractivity contribution is -0.127. The van der Waals surface area contributed by atoms with Crippen molar-refractivity contribution in [1.82, 2.24) is 14.9 Å². The van der Waals surface area contributed by atoms with Crippen LogP contribution in [0.4, 0.5) is 0 Å². The van der Waals surface area contributed by atoms with Crippen molar-refractivity contribution >= 4 is 22.9 Å². The zero-order valence-corrected chi connectivity index (χ0v) is 18.4. The number of hydrogen-bond donors (Lipinski definition) is 1. The summed E-state index contributed by atoms with van der Waals surface area (Å²) in [5.74, 6) is 1.60. The highest BCUT2D eigenvalue weighted by Crippen LogP contribution is 2.31.